The molecule has 1 aromatic carbocycles. The Kier molecular flexibility index (Phi) is 9.06. The van der Waals surface area contributed by atoms with Crippen LogP contribution in [0.1, 0.15) is 37.9 Å². The minimum atomic E-state index is -2.68. The lowest BCUT2D eigenvalue weighted by molar-refractivity contribution is 0.0133. The Morgan fingerprint density at radius 1 is 1.24 bits per heavy atom. The van der Waals surface area contributed by atoms with Crippen molar-refractivity contribution in [3.63, 3.8) is 0 Å². The van der Waals surface area contributed by atoms with Gasteiger partial charge in [-0.15, -0.1) is 0 Å². The van der Waals surface area contributed by atoms with E-state index in [1.54, 1.807) is 18.5 Å². The monoisotopic (exact) mass is 529 g/mol. The normalized spacial score (nSPS) is 17.9. The molecular weight excluding hydrogens is 495 g/mol. The zero-order valence-electron chi connectivity index (χ0n) is 21.7. The third kappa shape index (κ3) is 7.58. The summed E-state index contributed by atoms with van der Waals surface area (Å²) in [5.41, 5.74) is 3.55. The number of anilines is 1. The number of ether oxygens (including phenoxy) is 1. The van der Waals surface area contributed by atoms with E-state index in [0.29, 0.717) is 43.9 Å². The van der Waals surface area contributed by atoms with Gasteiger partial charge >= 0.3 is 6.09 Å². The van der Waals surface area contributed by atoms with Gasteiger partial charge in [-0.2, -0.15) is 0 Å². The van der Waals surface area contributed by atoms with Crippen LogP contribution in [0.3, 0.4) is 0 Å². The van der Waals surface area contributed by atoms with E-state index in [9.17, 15) is 13.6 Å². The molecule has 1 fully saturated rings. The number of imidazole rings is 1. The van der Waals surface area contributed by atoms with E-state index in [2.05, 4.69) is 15.6 Å². The number of alkyl halides is 2. The van der Waals surface area contributed by atoms with Crippen molar-refractivity contribution in [3.05, 3.63) is 77.7 Å². The molecule has 7 nitrogen and oxygen atoms in total. The molecule has 0 radical (unpaired) electrons. The predicted molar refractivity (Wildman–Crippen MR) is 142 cm³/mol. The Morgan fingerprint density at radius 3 is 2.84 bits per heavy atom. The zero-order chi connectivity index (χ0) is 27.1. The molecule has 204 valence electrons. The number of hydrogen-bond donors (Lipinski definition) is 2. The summed E-state index contributed by atoms with van der Waals surface area (Å²) < 4.78 is 48.3. The molecule has 2 heterocycles. The van der Waals surface area contributed by atoms with E-state index in [1.807, 2.05) is 42.0 Å². The highest BCUT2D eigenvalue weighted by Crippen LogP contribution is 2.29. The van der Waals surface area contributed by atoms with Crippen LogP contribution in [0, 0.1) is 5.82 Å². The summed E-state index contributed by atoms with van der Waals surface area (Å²) in [6.45, 7) is 5.86. The summed E-state index contributed by atoms with van der Waals surface area (Å²) in [6.07, 6.45) is 11.1. The number of carbonyl (C=O) groups excluding carboxylic acids is 1. The highest BCUT2D eigenvalue weighted by atomic mass is 19.3. The Hall–Kier alpha value is -3.37. The Balaban J connectivity index is 1.37. The topological polar surface area (TPSA) is 71.4 Å². The van der Waals surface area contributed by atoms with Crippen molar-refractivity contribution in [3.8, 4) is 0 Å². The van der Waals surface area contributed by atoms with E-state index >= 15 is 4.39 Å². The second-order valence-corrected chi connectivity index (χ2v) is 9.68. The fourth-order valence-electron chi connectivity index (χ4n) is 4.36. The molecule has 0 spiro atoms. The number of halogens is 3. The second-order valence-electron chi connectivity index (χ2n) is 9.68. The predicted octanol–water partition coefficient (Wildman–Crippen LogP) is 5.06. The van der Waals surface area contributed by atoms with Crippen molar-refractivity contribution in [1.29, 1.82) is 0 Å². The summed E-state index contributed by atoms with van der Waals surface area (Å²) in [7, 11) is 0. The number of aromatic nitrogens is 2. The first-order valence-corrected chi connectivity index (χ1v) is 12.9. The summed E-state index contributed by atoms with van der Waals surface area (Å²) in [5, 5.41) is 6.15. The van der Waals surface area contributed by atoms with Gasteiger partial charge in [0.2, 0.25) is 5.92 Å². The maximum Gasteiger partial charge on any atom is 0.414 e. The fourth-order valence-corrected chi connectivity index (χ4v) is 4.36. The number of nitrogens with one attached hydrogen (secondary N) is 2. The van der Waals surface area contributed by atoms with Gasteiger partial charge in [0, 0.05) is 44.4 Å². The van der Waals surface area contributed by atoms with Gasteiger partial charge in [-0.05, 0) is 49.2 Å². The molecular formula is C28H34F3N5O2. The van der Waals surface area contributed by atoms with Crippen molar-refractivity contribution in [2.75, 3.05) is 31.1 Å². The molecule has 10 heteroatoms. The van der Waals surface area contributed by atoms with Gasteiger partial charge in [-0.1, -0.05) is 31.2 Å². The van der Waals surface area contributed by atoms with Crippen LogP contribution in [0.5, 0.6) is 0 Å². The summed E-state index contributed by atoms with van der Waals surface area (Å²) >= 11 is 0. The molecule has 1 aliphatic heterocycles. The first-order chi connectivity index (χ1) is 18.2. The standard InChI is InChI=1S/C28H34F3N5O2/c1-3-32-15-24-18-36(27(37)38-24)23-9-10-25(26(29)13-23)21-6-4-5-20(7-8-21)16-35-17-22(34-19-35)14-33-12-11-28(2,30)31/h4,6-10,13,17,19,24,32-33H,3,5,11-12,14-16,18H2,1-2H3/t24-/m0/s1. The largest absolute Gasteiger partial charge is 0.443 e. The van der Waals surface area contributed by atoms with Crippen LogP contribution in [-0.4, -0.2) is 53.8 Å². The third-order valence-electron chi connectivity index (χ3n) is 6.37. The lowest BCUT2D eigenvalue weighted by atomic mass is 10.0. The summed E-state index contributed by atoms with van der Waals surface area (Å²) in [5.74, 6) is -3.09. The first-order valence-electron chi connectivity index (χ1n) is 12.9. The van der Waals surface area contributed by atoms with Crippen molar-refractivity contribution in [1.82, 2.24) is 20.2 Å². The molecule has 2 aliphatic rings. The minimum absolute atomic E-state index is 0.215. The van der Waals surface area contributed by atoms with Crippen molar-refractivity contribution >= 4 is 17.4 Å². The van der Waals surface area contributed by atoms with Crippen LogP contribution in [0.2, 0.25) is 0 Å². The molecule has 0 unspecified atom stereocenters. The van der Waals surface area contributed by atoms with Crippen molar-refractivity contribution in [2.45, 2.75) is 51.8 Å². The molecule has 1 aliphatic carbocycles. The molecule has 2 N–H and O–H groups in total. The van der Waals surface area contributed by atoms with Gasteiger partial charge < -0.3 is 19.9 Å². The van der Waals surface area contributed by atoms with Crippen LogP contribution in [0.25, 0.3) is 5.57 Å². The zero-order valence-corrected chi connectivity index (χ0v) is 21.7. The maximum atomic E-state index is 15.1. The number of allylic oxidation sites excluding steroid dienone is 6. The maximum absolute atomic E-state index is 15.1. The highest BCUT2D eigenvalue weighted by molar-refractivity contribution is 5.90. The Labute approximate surface area is 221 Å². The number of nitrogens with zero attached hydrogens (tertiary/aromatic N) is 3. The average molecular weight is 530 g/mol. The van der Waals surface area contributed by atoms with Crippen LogP contribution in [0.15, 0.2) is 60.6 Å². The quantitative estimate of drug-likeness (QED) is 0.376. The average Bonchev–Trinajstić information content (AvgIpc) is 3.39. The number of rotatable bonds is 12. The lowest BCUT2D eigenvalue weighted by Gasteiger charge is -2.14. The van der Waals surface area contributed by atoms with Crippen molar-refractivity contribution in [2.24, 2.45) is 0 Å². The van der Waals surface area contributed by atoms with Crippen LogP contribution >= 0.6 is 0 Å². The van der Waals surface area contributed by atoms with Gasteiger partial charge in [0.05, 0.1) is 24.3 Å². The minimum Gasteiger partial charge on any atom is -0.443 e. The molecule has 1 saturated heterocycles. The lowest BCUT2D eigenvalue weighted by Crippen LogP contribution is -2.30. The number of amides is 1. The van der Waals surface area contributed by atoms with E-state index < -0.39 is 17.8 Å². The van der Waals surface area contributed by atoms with Gasteiger partial charge in [0.25, 0.3) is 0 Å². The van der Waals surface area contributed by atoms with E-state index in [-0.39, 0.29) is 19.1 Å². The SMILES string of the molecule is CCNC[C@H]1CN(c2ccc(C3=CC=C(Cn4cnc(CNCCC(C)(F)F)c4)CC=C3)c(F)c2)C(=O)O1. The number of cyclic esters (lactones) is 1. The molecule has 1 aromatic heterocycles. The molecule has 1 atom stereocenters. The van der Waals surface area contributed by atoms with E-state index in [4.69, 9.17) is 4.74 Å². The van der Waals surface area contributed by atoms with E-state index in [0.717, 1.165) is 30.3 Å². The second kappa shape index (κ2) is 12.4. The summed E-state index contributed by atoms with van der Waals surface area (Å²) in [6, 6.07) is 4.80. The summed E-state index contributed by atoms with van der Waals surface area (Å²) in [4.78, 5) is 18.1. The first kappa shape index (κ1) is 27.7. The molecule has 0 saturated carbocycles. The van der Waals surface area contributed by atoms with Crippen molar-refractivity contribution < 1.29 is 22.7 Å². The molecule has 4 rings (SSSR count). The van der Waals surface area contributed by atoms with Gasteiger partial charge in [-0.3, -0.25) is 4.90 Å². The van der Waals surface area contributed by atoms with Crippen LogP contribution < -0.4 is 15.5 Å². The fraction of sp³-hybridized carbons (Fsp3) is 0.429. The number of likely N-dealkylation sites (N-methyl/N-ethyl adjacent to an activating group) is 1. The number of carbonyl (C=O) groups is 1. The van der Waals surface area contributed by atoms with Gasteiger partial charge in [-0.25, -0.2) is 22.9 Å². The number of hydrogen-bond acceptors (Lipinski definition) is 5. The van der Waals surface area contributed by atoms with Gasteiger partial charge in [0.15, 0.2) is 0 Å². The molecule has 38 heavy (non-hydrogen) atoms. The van der Waals surface area contributed by atoms with Crippen LogP contribution in [0.4, 0.5) is 23.7 Å². The Morgan fingerprint density at radius 2 is 2.08 bits per heavy atom. The van der Waals surface area contributed by atoms with Crippen LogP contribution in [-0.2, 0) is 17.8 Å². The number of benzene rings is 1. The highest BCUT2D eigenvalue weighted by Gasteiger charge is 2.32. The van der Waals surface area contributed by atoms with Gasteiger partial charge in [0.1, 0.15) is 11.9 Å². The molecule has 0 bridgehead atoms. The molecule has 2 aromatic rings. The third-order valence-corrected chi connectivity index (χ3v) is 6.37. The Bertz CT molecular complexity index is 1220. The smallest absolute Gasteiger partial charge is 0.414 e. The van der Waals surface area contributed by atoms with E-state index in [1.165, 1.54) is 11.0 Å². The molecule has 1 amide bonds.